The third-order valence-corrected chi connectivity index (χ3v) is 4.40. The summed E-state index contributed by atoms with van der Waals surface area (Å²) in [5.41, 5.74) is 0.696. The van der Waals surface area contributed by atoms with E-state index < -0.39 is 11.9 Å². The van der Waals surface area contributed by atoms with Crippen LogP contribution >= 0.6 is 23.2 Å². The number of furan rings is 1. The van der Waals surface area contributed by atoms with Crippen LogP contribution in [0.25, 0.3) is 17.4 Å². The van der Waals surface area contributed by atoms with Crippen LogP contribution in [-0.4, -0.2) is 17.0 Å². The van der Waals surface area contributed by atoms with Crippen LogP contribution in [0.5, 0.6) is 0 Å². The lowest BCUT2D eigenvalue weighted by Crippen LogP contribution is -2.13. The number of carbonyl (C=O) groups excluding carboxylic acids is 1. The van der Waals surface area contributed by atoms with Gasteiger partial charge < -0.3 is 14.8 Å². The number of amides is 1. The second-order valence-electron chi connectivity index (χ2n) is 5.84. The van der Waals surface area contributed by atoms with Crippen molar-refractivity contribution in [3.63, 3.8) is 0 Å². The quantitative estimate of drug-likeness (QED) is 0.414. The molecule has 8 heteroatoms. The molecule has 1 aromatic heterocycles. The maximum Gasteiger partial charge on any atom is 0.335 e. The van der Waals surface area contributed by atoms with Crippen molar-refractivity contribution < 1.29 is 19.1 Å². The Morgan fingerprint density at radius 3 is 2.59 bits per heavy atom. The van der Waals surface area contributed by atoms with Gasteiger partial charge in [0.2, 0.25) is 0 Å². The third kappa shape index (κ3) is 4.85. The number of rotatable bonds is 5. The molecule has 0 saturated carbocycles. The molecule has 0 atom stereocenters. The van der Waals surface area contributed by atoms with Gasteiger partial charge in [-0.2, -0.15) is 5.26 Å². The van der Waals surface area contributed by atoms with Crippen LogP contribution in [0.2, 0.25) is 10.0 Å². The van der Waals surface area contributed by atoms with E-state index in [9.17, 15) is 14.9 Å². The Balaban J connectivity index is 1.86. The highest BCUT2D eigenvalue weighted by Crippen LogP contribution is 2.31. The Hall–Kier alpha value is -3.53. The summed E-state index contributed by atoms with van der Waals surface area (Å²) in [5, 5.41) is 21.8. The summed E-state index contributed by atoms with van der Waals surface area (Å²) in [4.78, 5) is 23.5. The highest BCUT2D eigenvalue weighted by Gasteiger charge is 2.14. The van der Waals surface area contributed by atoms with E-state index in [4.69, 9.17) is 32.7 Å². The van der Waals surface area contributed by atoms with E-state index in [0.717, 1.165) is 0 Å². The van der Waals surface area contributed by atoms with Crippen molar-refractivity contribution in [1.29, 1.82) is 5.26 Å². The molecular weight excluding hydrogens is 415 g/mol. The van der Waals surface area contributed by atoms with E-state index in [1.807, 2.05) is 6.07 Å². The SMILES string of the molecule is N#C/C(=C/c1ccc(-c2cc(C(=O)O)ccc2Cl)o1)C(=O)Nc1cccc(Cl)c1. The Morgan fingerprint density at radius 2 is 1.90 bits per heavy atom. The van der Waals surface area contributed by atoms with Crippen molar-refractivity contribution in [1.82, 2.24) is 0 Å². The predicted octanol–water partition coefficient (Wildman–Crippen LogP) is 5.50. The first kappa shape index (κ1) is 20.2. The van der Waals surface area contributed by atoms with E-state index in [-0.39, 0.29) is 16.9 Å². The molecule has 0 aliphatic heterocycles. The van der Waals surface area contributed by atoms with Crippen LogP contribution < -0.4 is 5.32 Å². The van der Waals surface area contributed by atoms with Gasteiger partial charge in [0.25, 0.3) is 5.91 Å². The largest absolute Gasteiger partial charge is 0.478 e. The van der Waals surface area contributed by atoms with Gasteiger partial charge in [-0.3, -0.25) is 4.79 Å². The topological polar surface area (TPSA) is 103 Å². The monoisotopic (exact) mass is 426 g/mol. The predicted molar refractivity (Wildman–Crippen MR) is 110 cm³/mol. The lowest BCUT2D eigenvalue weighted by molar-refractivity contribution is -0.112. The number of halogens is 2. The van der Waals surface area contributed by atoms with E-state index in [1.165, 1.54) is 24.3 Å². The van der Waals surface area contributed by atoms with Gasteiger partial charge in [-0.25, -0.2) is 4.79 Å². The number of nitrogens with one attached hydrogen (secondary N) is 1. The molecule has 0 saturated heterocycles. The number of hydrogen-bond acceptors (Lipinski definition) is 4. The number of carboxylic acid groups (broad SMARTS) is 1. The number of nitrogens with zero attached hydrogens (tertiary/aromatic N) is 1. The summed E-state index contributed by atoms with van der Waals surface area (Å²) in [5.74, 6) is -1.19. The Bertz CT molecular complexity index is 1180. The van der Waals surface area contributed by atoms with Gasteiger partial charge >= 0.3 is 5.97 Å². The first-order valence-electron chi connectivity index (χ1n) is 8.19. The Morgan fingerprint density at radius 1 is 1.10 bits per heavy atom. The Labute approximate surface area is 175 Å². The molecule has 0 fully saturated rings. The molecule has 1 amide bonds. The molecule has 0 spiro atoms. The van der Waals surface area contributed by atoms with Gasteiger partial charge in [-0.1, -0.05) is 29.3 Å². The molecule has 0 aliphatic carbocycles. The van der Waals surface area contributed by atoms with Gasteiger partial charge in [-0.15, -0.1) is 0 Å². The lowest BCUT2D eigenvalue weighted by atomic mass is 10.1. The van der Waals surface area contributed by atoms with Crippen molar-refractivity contribution in [2.45, 2.75) is 0 Å². The minimum Gasteiger partial charge on any atom is -0.478 e. The molecule has 3 aromatic rings. The smallest absolute Gasteiger partial charge is 0.335 e. The number of hydrogen-bond donors (Lipinski definition) is 2. The molecule has 0 bridgehead atoms. The first-order chi connectivity index (χ1) is 13.9. The summed E-state index contributed by atoms with van der Waals surface area (Å²) in [6, 6.07) is 15.7. The van der Waals surface area contributed by atoms with E-state index in [2.05, 4.69) is 5.32 Å². The first-order valence-corrected chi connectivity index (χ1v) is 8.95. The summed E-state index contributed by atoms with van der Waals surface area (Å²) < 4.78 is 5.63. The van der Waals surface area contributed by atoms with Gasteiger partial charge in [0.15, 0.2) is 0 Å². The van der Waals surface area contributed by atoms with Crippen LogP contribution in [0.3, 0.4) is 0 Å². The molecule has 2 N–H and O–H groups in total. The highest BCUT2D eigenvalue weighted by atomic mass is 35.5. The van der Waals surface area contributed by atoms with Crippen LogP contribution in [-0.2, 0) is 4.79 Å². The second kappa shape index (κ2) is 8.65. The van der Waals surface area contributed by atoms with E-state index in [1.54, 1.807) is 36.4 Å². The van der Waals surface area contributed by atoms with E-state index in [0.29, 0.717) is 27.1 Å². The average Bonchev–Trinajstić information content (AvgIpc) is 3.14. The number of anilines is 1. The highest BCUT2D eigenvalue weighted by molar-refractivity contribution is 6.33. The molecule has 1 heterocycles. The summed E-state index contributed by atoms with van der Waals surface area (Å²) >= 11 is 12.0. The van der Waals surface area contributed by atoms with Gasteiger partial charge in [0.1, 0.15) is 23.2 Å². The zero-order valence-electron chi connectivity index (χ0n) is 14.6. The van der Waals surface area contributed by atoms with Crippen LogP contribution in [0.1, 0.15) is 16.1 Å². The number of carbonyl (C=O) groups is 2. The van der Waals surface area contributed by atoms with Crippen LogP contribution in [0.15, 0.2) is 64.6 Å². The summed E-state index contributed by atoms with van der Waals surface area (Å²) in [6.07, 6.45) is 1.28. The van der Waals surface area contributed by atoms with Crippen molar-refractivity contribution in [3.05, 3.63) is 81.5 Å². The molecule has 3 rings (SSSR count). The molecule has 0 unspecified atom stereocenters. The number of aromatic carboxylic acids is 1. The normalized spacial score (nSPS) is 11.0. The molecule has 6 nitrogen and oxygen atoms in total. The maximum atomic E-state index is 12.3. The summed E-state index contributed by atoms with van der Waals surface area (Å²) in [6.45, 7) is 0. The average molecular weight is 427 g/mol. The van der Waals surface area contributed by atoms with Gasteiger partial charge in [-0.05, 0) is 48.5 Å². The fraction of sp³-hybridized carbons (Fsp3) is 0. The van der Waals surface area contributed by atoms with Crippen molar-refractivity contribution >= 4 is 46.8 Å². The zero-order valence-corrected chi connectivity index (χ0v) is 16.2. The molecule has 2 aromatic carbocycles. The second-order valence-corrected chi connectivity index (χ2v) is 6.68. The van der Waals surface area contributed by atoms with Crippen LogP contribution in [0.4, 0.5) is 5.69 Å². The number of carboxylic acids is 1. The fourth-order valence-corrected chi connectivity index (χ4v) is 2.88. The zero-order chi connectivity index (χ0) is 21.0. The Kier molecular flexibility index (Phi) is 6.03. The number of benzene rings is 2. The van der Waals surface area contributed by atoms with Gasteiger partial charge in [0, 0.05) is 22.3 Å². The van der Waals surface area contributed by atoms with E-state index >= 15 is 0 Å². The van der Waals surface area contributed by atoms with Crippen molar-refractivity contribution in [3.8, 4) is 17.4 Å². The molecule has 0 aliphatic rings. The molecule has 144 valence electrons. The maximum absolute atomic E-state index is 12.3. The van der Waals surface area contributed by atoms with Crippen molar-refractivity contribution in [2.24, 2.45) is 0 Å². The summed E-state index contributed by atoms with van der Waals surface area (Å²) in [7, 11) is 0. The van der Waals surface area contributed by atoms with Gasteiger partial charge in [0.05, 0.1) is 10.6 Å². The van der Waals surface area contributed by atoms with Crippen LogP contribution in [0, 0.1) is 11.3 Å². The molecular formula is C21H12Cl2N2O4. The minimum absolute atomic E-state index is 0.0523. The number of nitriles is 1. The molecule has 0 radical (unpaired) electrons. The fourth-order valence-electron chi connectivity index (χ4n) is 2.48. The molecule has 29 heavy (non-hydrogen) atoms. The third-order valence-electron chi connectivity index (χ3n) is 3.84. The standard InChI is InChI=1S/C21H12Cl2N2O4/c22-14-2-1-3-15(10-14)25-20(26)13(11-24)8-16-5-7-19(29-16)17-9-12(21(27)28)4-6-18(17)23/h1-10H,(H,25,26)(H,27,28)/b13-8-. The minimum atomic E-state index is -1.10. The lowest BCUT2D eigenvalue weighted by Gasteiger charge is -2.04. The van der Waals surface area contributed by atoms with Crippen molar-refractivity contribution in [2.75, 3.05) is 5.32 Å².